The quantitative estimate of drug-likeness (QED) is 0.777. The third-order valence-corrected chi connectivity index (χ3v) is 6.97. The summed E-state index contributed by atoms with van der Waals surface area (Å²) in [6.45, 7) is 1.72. The van der Waals surface area contributed by atoms with Crippen LogP contribution in [0.1, 0.15) is 15.9 Å². The number of carbonyl (C=O) groups excluding carboxylic acids is 1. The summed E-state index contributed by atoms with van der Waals surface area (Å²) in [5, 5.41) is 2.81. The molecule has 0 radical (unpaired) electrons. The predicted octanol–water partition coefficient (Wildman–Crippen LogP) is 2.40. The van der Waals surface area contributed by atoms with Gasteiger partial charge >= 0.3 is 0 Å². The van der Waals surface area contributed by atoms with E-state index in [9.17, 15) is 13.2 Å². The van der Waals surface area contributed by atoms with Gasteiger partial charge in [-0.15, -0.1) is 0 Å². The second-order valence-electron chi connectivity index (χ2n) is 5.83. The second-order valence-corrected chi connectivity index (χ2v) is 8.59. The molecule has 2 aromatic rings. The van der Waals surface area contributed by atoms with Gasteiger partial charge in [0.25, 0.3) is 5.91 Å². The van der Waals surface area contributed by atoms with Crippen LogP contribution in [0.5, 0.6) is 0 Å². The van der Waals surface area contributed by atoms with Crippen molar-refractivity contribution in [2.75, 3.05) is 26.3 Å². The predicted molar refractivity (Wildman–Crippen MR) is 101 cm³/mol. The molecule has 1 fully saturated rings. The van der Waals surface area contributed by atoms with Gasteiger partial charge in [0.2, 0.25) is 10.0 Å². The van der Waals surface area contributed by atoms with Crippen molar-refractivity contribution < 1.29 is 17.9 Å². The largest absolute Gasteiger partial charge is 0.379 e. The van der Waals surface area contributed by atoms with E-state index in [0.29, 0.717) is 42.9 Å². The molecule has 0 saturated carbocycles. The van der Waals surface area contributed by atoms with Crippen LogP contribution in [0.3, 0.4) is 0 Å². The summed E-state index contributed by atoms with van der Waals surface area (Å²) in [6.07, 6.45) is 0. The molecule has 0 aromatic heterocycles. The third kappa shape index (κ3) is 4.32. The van der Waals surface area contributed by atoms with Gasteiger partial charge in [0.15, 0.2) is 0 Å². The number of nitrogens with zero attached hydrogens (tertiary/aromatic N) is 1. The fourth-order valence-electron chi connectivity index (χ4n) is 2.65. The van der Waals surface area contributed by atoms with Crippen LogP contribution >= 0.6 is 15.9 Å². The van der Waals surface area contributed by atoms with Gasteiger partial charge in [0.05, 0.1) is 18.1 Å². The highest BCUT2D eigenvalue weighted by Crippen LogP contribution is 2.27. The second kappa shape index (κ2) is 8.30. The van der Waals surface area contributed by atoms with Crippen LogP contribution in [0.4, 0.5) is 0 Å². The Bertz CT molecular complexity index is 881. The van der Waals surface area contributed by atoms with Gasteiger partial charge in [-0.3, -0.25) is 4.79 Å². The normalized spacial score (nSPS) is 15.6. The first-order valence-corrected chi connectivity index (χ1v) is 10.4. The van der Waals surface area contributed by atoms with Crippen LogP contribution in [-0.4, -0.2) is 44.9 Å². The maximum atomic E-state index is 12.9. The molecular formula is C18H19BrN2O4S. The minimum Gasteiger partial charge on any atom is -0.379 e. The minimum atomic E-state index is -3.69. The Labute approximate surface area is 161 Å². The van der Waals surface area contributed by atoms with Gasteiger partial charge in [-0.2, -0.15) is 4.31 Å². The van der Waals surface area contributed by atoms with Crippen LogP contribution in [0.2, 0.25) is 0 Å². The van der Waals surface area contributed by atoms with E-state index in [1.807, 2.05) is 30.3 Å². The van der Waals surface area contributed by atoms with Gasteiger partial charge in [0.1, 0.15) is 0 Å². The summed E-state index contributed by atoms with van der Waals surface area (Å²) in [7, 11) is -3.69. The molecule has 0 unspecified atom stereocenters. The van der Waals surface area contributed by atoms with Gasteiger partial charge < -0.3 is 10.1 Å². The number of carbonyl (C=O) groups is 1. The van der Waals surface area contributed by atoms with Crippen LogP contribution in [0, 0.1) is 0 Å². The number of hydrogen-bond acceptors (Lipinski definition) is 4. The van der Waals surface area contributed by atoms with Crippen molar-refractivity contribution in [2.24, 2.45) is 0 Å². The van der Waals surface area contributed by atoms with Gasteiger partial charge in [-0.1, -0.05) is 30.3 Å². The van der Waals surface area contributed by atoms with Crippen molar-refractivity contribution in [1.82, 2.24) is 9.62 Å². The van der Waals surface area contributed by atoms with E-state index in [0.717, 1.165) is 5.56 Å². The van der Waals surface area contributed by atoms with Crippen molar-refractivity contribution >= 4 is 31.9 Å². The third-order valence-electron chi connectivity index (χ3n) is 4.08. The van der Waals surface area contributed by atoms with E-state index < -0.39 is 10.0 Å². The maximum absolute atomic E-state index is 12.9. The highest BCUT2D eigenvalue weighted by Gasteiger charge is 2.28. The van der Waals surface area contributed by atoms with E-state index in [-0.39, 0.29) is 10.8 Å². The molecule has 1 aliphatic heterocycles. The van der Waals surface area contributed by atoms with Crippen molar-refractivity contribution in [3.8, 4) is 0 Å². The summed E-state index contributed by atoms with van der Waals surface area (Å²) in [6, 6.07) is 14.1. The van der Waals surface area contributed by atoms with E-state index >= 15 is 0 Å². The average molecular weight is 439 g/mol. The van der Waals surface area contributed by atoms with Crippen LogP contribution in [0.15, 0.2) is 57.9 Å². The Kier molecular flexibility index (Phi) is 6.08. The molecule has 26 heavy (non-hydrogen) atoms. The Morgan fingerprint density at radius 3 is 2.50 bits per heavy atom. The van der Waals surface area contributed by atoms with Crippen LogP contribution < -0.4 is 5.32 Å². The van der Waals surface area contributed by atoms with Gasteiger partial charge in [0, 0.05) is 29.7 Å². The maximum Gasteiger partial charge on any atom is 0.251 e. The first-order chi connectivity index (χ1) is 12.5. The zero-order valence-electron chi connectivity index (χ0n) is 14.0. The Balaban J connectivity index is 1.79. The zero-order chi connectivity index (χ0) is 18.6. The highest BCUT2D eigenvalue weighted by molar-refractivity contribution is 9.10. The lowest BCUT2D eigenvalue weighted by Gasteiger charge is -2.26. The Morgan fingerprint density at radius 2 is 1.81 bits per heavy atom. The van der Waals surface area contributed by atoms with Gasteiger partial charge in [-0.25, -0.2) is 8.42 Å². The average Bonchev–Trinajstić information content (AvgIpc) is 2.68. The number of halogens is 1. The van der Waals surface area contributed by atoms with E-state index in [1.165, 1.54) is 10.4 Å². The number of amides is 1. The fourth-order valence-corrected chi connectivity index (χ4v) is 5.01. The summed E-state index contributed by atoms with van der Waals surface area (Å²) in [5.41, 5.74) is 1.27. The molecule has 138 valence electrons. The molecule has 0 aliphatic carbocycles. The number of benzene rings is 2. The first kappa shape index (κ1) is 19.0. The topological polar surface area (TPSA) is 75.7 Å². The van der Waals surface area contributed by atoms with Crippen molar-refractivity contribution in [3.63, 3.8) is 0 Å². The first-order valence-electron chi connectivity index (χ1n) is 8.18. The molecule has 8 heteroatoms. The van der Waals surface area contributed by atoms with Gasteiger partial charge in [-0.05, 0) is 39.7 Å². The fraction of sp³-hybridized carbons (Fsp3) is 0.278. The number of rotatable bonds is 5. The summed E-state index contributed by atoms with van der Waals surface area (Å²) < 4.78 is 32.8. The SMILES string of the molecule is O=C(NCc1ccccc1)c1ccc(Br)c(S(=O)(=O)N2CCOCC2)c1. The standard InChI is InChI=1S/C18H19BrN2O4S/c19-16-7-6-15(18(22)20-13-14-4-2-1-3-5-14)12-17(16)26(23,24)21-8-10-25-11-9-21/h1-7,12H,8-11,13H2,(H,20,22). The molecule has 1 aliphatic rings. The Morgan fingerprint density at radius 1 is 1.12 bits per heavy atom. The highest BCUT2D eigenvalue weighted by atomic mass is 79.9. The van der Waals surface area contributed by atoms with E-state index in [4.69, 9.17) is 4.74 Å². The monoisotopic (exact) mass is 438 g/mol. The lowest BCUT2D eigenvalue weighted by atomic mass is 10.2. The number of morpholine rings is 1. The zero-order valence-corrected chi connectivity index (χ0v) is 16.4. The molecule has 3 rings (SSSR count). The Hall–Kier alpha value is -1.74. The van der Waals surface area contributed by atoms with Crippen molar-refractivity contribution in [3.05, 3.63) is 64.1 Å². The number of nitrogens with one attached hydrogen (secondary N) is 1. The minimum absolute atomic E-state index is 0.0896. The van der Waals surface area contributed by atoms with Crippen LogP contribution in [-0.2, 0) is 21.3 Å². The molecule has 0 atom stereocenters. The molecular weight excluding hydrogens is 420 g/mol. The number of hydrogen-bond donors (Lipinski definition) is 1. The lowest BCUT2D eigenvalue weighted by molar-refractivity contribution is 0.0730. The summed E-state index contributed by atoms with van der Waals surface area (Å²) in [5.74, 6) is -0.320. The van der Waals surface area contributed by atoms with E-state index in [2.05, 4.69) is 21.2 Å². The van der Waals surface area contributed by atoms with Crippen molar-refractivity contribution in [2.45, 2.75) is 11.4 Å². The molecule has 2 aromatic carbocycles. The lowest BCUT2D eigenvalue weighted by Crippen LogP contribution is -2.40. The molecule has 1 N–H and O–H groups in total. The summed E-state index contributed by atoms with van der Waals surface area (Å²) in [4.78, 5) is 12.5. The molecule has 6 nitrogen and oxygen atoms in total. The number of sulfonamides is 1. The molecule has 0 bridgehead atoms. The van der Waals surface area contributed by atoms with Crippen LogP contribution in [0.25, 0.3) is 0 Å². The molecule has 0 spiro atoms. The number of ether oxygens (including phenoxy) is 1. The van der Waals surface area contributed by atoms with E-state index in [1.54, 1.807) is 12.1 Å². The van der Waals surface area contributed by atoms with Crippen molar-refractivity contribution in [1.29, 1.82) is 0 Å². The summed E-state index contributed by atoms with van der Waals surface area (Å²) >= 11 is 3.29. The molecule has 1 saturated heterocycles. The molecule has 1 heterocycles. The molecule has 1 amide bonds. The smallest absolute Gasteiger partial charge is 0.251 e.